The Labute approximate surface area is 125 Å². The average molecular weight is 300 g/mol. The zero-order chi connectivity index (χ0) is 15.0. The van der Waals surface area contributed by atoms with E-state index >= 15 is 0 Å². The summed E-state index contributed by atoms with van der Waals surface area (Å²) in [4.78, 5) is 13.8. The SMILES string of the molecule is COc1ccc(NC(=O)CCNCCN(C)C)cc1Cl. The van der Waals surface area contributed by atoms with Crippen molar-refractivity contribution in [3.05, 3.63) is 23.2 Å². The Morgan fingerprint density at radius 3 is 2.70 bits per heavy atom. The fourth-order valence-corrected chi connectivity index (χ4v) is 1.85. The van der Waals surface area contributed by atoms with Crippen LogP contribution in [0.1, 0.15) is 6.42 Å². The first-order valence-electron chi connectivity index (χ1n) is 6.51. The maximum Gasteiger partial charge on any atom is 0.225 e. The predicted octanol–water partition coefficient (Wildman–Crippen LogP) is 1.83. The summed E-state index contributed by atoms with van der Waals surface area (Å²) in [5, 5.41) is 6.50. The molecule has 0 aliphatic carbocycles. The van der Waals surface area contributed by atoms with Crippen molar-refractivity contribution < 1.29 is 9.53 Å². The highest BCUT2D eigenvalue weighted by molar-refractivity contribution is 6.32. The van der Waals surface area contributed by atoms with Crippen molar-refractivity contribution in [2.24, 2.45) is 0 Å². The van der Waals surface area contributed by atoms with E-state index in [4.69, 9.17) is 16.3 Å². The summed E-state index contributed by atoms with van der Waals surface area (Å²) in [5.74, 6) is 0.554. The number of rotatable bonds is 8. The second-order valence-electron chi connectivity index (χ2n) is 4.70. The third-order valence-corrected chi connectivity index (χ3v) is 3.00. The number of likely N-dealkylation sites (N-methyl/N-ethyl adjacent to an activating group) is 1. The van der Waals surface area contributed by atoms with Crippen LogP contribution in [-0.4, -0.2) is 51.6 Å². The summed E-state index contributed by atoms with van der Waals surface area (Å²) in [6.07, 6.45) is 0.428. The number of halogens is 1. The largest absolute Gasteiger partial charge is 0.495 e. The van der Waals surface area contributed by atoms with E-state index < -0.39 is 0 Å². The van der Waals surface area contributed by atoms with E-state index in [1.165, 1.54) is 0 Å². The van der Waals surface area contributed by atoms with E-state index in [1.54, 1.807) is 25.3 Å². The molecule has 0 fully saturated rings. The van der Waals surface area contributed by atoms with Gasteiger partial charge in [-0.05, 0) is 32.3 Å². The van der Waals surface area contributed by atoms with Gasteiger partial charge in [0.25, 0.3) is 0 Å². The van der Waals surface area contributed by atoms with E-state index in [0.717, 1.165) is 13.1 Å². The quantitative estimate of drug-likeness (QED) is 0.719. The summed E-state index contributed by atoms with van der Waals surface area (Å²) in [6.45, 7) is 2.48. The molecule has 0 atom stereocenters. The van der Waals surface area contributed by atoms with Gasteiger partial charge in [0.05, 0.1) is 12.1 Å². The molecule has 0 spiro atoms. The van der Waals surface area contributed by atoms with Crippen LogP contribution in [0.25, 0.3) is 0 Å². The van der Waals surface area contributed by atoms with Gasteiger partial charge in [0.15, 0.2) is 0 Å². The summed E-state index contributed by atoms with van der Waals surface area (Å²) >= 11 is 5.99. The first-order chi connectivity index (χ1) is 9.52. The number of carbonyl (C=O) groups excluding carboxylic acids is 1. The first kappa shape index (κ1) is 16.8. The molecule has 0 radical (unpaired) electrons. The Kier molecular flexibility index (Phi) is 7.36. The topological polar surface area (TPSA) is 53.6 Å². The Morgan fingerprint density at radius 2 is 2.10 bits per heavy atom. The van der Waals surface area contributed by atoms with Crippen molar-refractivity contribution in [2.75, 3.05) is 46.2 Å². The molecule has 0 aromatic heterocycles. The normalized spacial score (nSPS) is 10.7. The van der Waals surface area contributed by atoms with Gasteiger partial charge in [-0.2, -0.15) is 0 Å². The van der Waals surface area contributed by atoms with Crippen molar-refractivity contribution in [2.45, 2.75) is 6.42 Å². The van der Waals surface area contributed by atoms with Crippen molar-refractivity contribution in [1.29, 1.82) is 0 Å². The second kappa shape index (κ2) is 8.79. The minimum atomic E-state index is -0.0383. The number of benzene rings is 1. The summed E-state index contributed by atoms with van der Waals surface area (Å²) in [5.41, 5.74) is 0.675. The highest BCUT2D eigenvalue weighted by Gasteiger charge is 2.05. The zero-order valence-electron chi connectivity index (χ0n) is 12.2. The fraction of sp³-hybridized carbons (Fsp3) is 0.500. The van der Waals surface area contributed by atoms with Gasteiger partial charge in [-0.25, -0.2) is 0 Å². The van der Waals surface area contributed by atoms with Gasteiger partial charge in [-0.15, -0.1) is 0 Å². The zero-order valence-corrected chi connectivity index (χ0v) is 13.0. The van der Waals surface area contributed by atoms with Gasteiger partial charge in [0, 0.05) is 31.7 Å². The van der Waals surface area contributed by atoms with Crippen molar-refractivity contribution >= 4 is 23.2 Å². The number of amides is 1. The molecule has 0 bridgehead atoms. The number of hydrogen-bond donors (Lipinski definition) is 2. The van der Waals surface area contributed by atoms with E-state index in [-0.39, 0.29) is 5.91 Å². The second-order valence-corrected chi connectivity index (χ2v) is 5.11. The van der Waals surface area contributed by atoms with Crippen molar-refractivity contribution in [1.82, 2.24) is 10.2 Å². The van der Waals surface area contributed by atoms with Gasteiger partial charge in [0.1, 0.15) is 5.75 Å². The molecule has 0 aliphatic heterocycles. The van der Waals surface area contributed by atoms with Crippen LogP contribution < -0.4 is 15.4 Å². The molecule has 0 heterocycles. The van der Waals surface area contributed by atoms with Crippen molar-refractivity contribution in [3.63, 3.8) is 0 Å². The number of nitrogens with zero attached hydrogens (tertiary/aromatic N) is 1. The number of carbonyl (C=O) groups is 1. The van der Waals surface area contributed by atoms with Crippen LogP contribution in [0.4, 0.5) is 5.69 Å². The molecule has 1 rings (SSSR count). The molecule has 0 aliphatic rings. The molecule has 0 saturated carbocycles. The number of anilines is 1. The Hall–Kier alpha value is -1.30. The van der Waals surface area contributed by atoms with E-state index in [2.05, 4.69) is 15.5 Å². The summed E-state index contributed by atoms with van der Waals surface area (Å²) < 4.78 is 5.06. The van der Waals surface area contributed by atoms with Gasteiger partial charge >= 0.3 is 0 Å². The maximum atomic E-state index is 11.7. The minimum Gasteiger partial charge on any atom is -0.495 e. The van der Waals surface area contributed by atoms with Crippen LogP contribution >= 0.6 is 11.6 Å². The summed E-state index contributed by atoms with van der Waals surface area (Å²) in [7, 11) is 5.59. The molecular formula is C14H22ClN3O2. The highest BCUT2D eigenvalue weighted by atomic mass is 35.5. The molecule has 5 nitrogen and oxygen atoms in total. The third-order valence-electron chi connectivity index (χ3n) is 2.70. The van der Waals surface area contributed by atoms with Crippen LogP contribution in [0.2, 0.25) is 5.02 Å². The lowest BCUT2D eigenvalue weighted by Gasteiger charge is -2.11. The lowest BCUT2D eigenvalue weighted by molar-refractivity contribution is -0.116. The van der Waals surface area contributed by atoms with Gasteiger partial charge in [-0.3, -0.25) is 4.79 Å². The lowest BCUT2D eigenvalue weighted by Crippen LogP contribution is -2.29. The van der Waals surface area contributed by atoms with Gasteiger partial charge in [-0.1, -0.05) is 11.6 Å². The highest BCUT2D eigenvalue weighted by Crippen LogP contribution is 2.27. The lowest BCUT2D eigenvalue weighted by atomic mass is 10.3. The van der Waals surface area contributed by atoms with E-state index in [1.807, 2.05) is 14.1 Å². The standard InChI is InChI=1S/C14H22ClN3O2/c1-18(2)9-8-16-7-6-14(19)17-11-4-5-13(20-3)12(15)10-11/h4-5,10,16H,6-9H2,1-3H3,(H,17,19). The molecule has 6 heteroatoms. The molecule has 1 aromatic carbocycles. The molecule has 20 heavy (non-hydrogen) atoms. The van der Waals surface area contributed by atoms with Crippen LogP contribution in [-0.2, 0) is 4.79 Å². The minimum absolute atomic E-state index is 0.0383. The van der Waals surface area contributed by atoms with Crippen molar-refractivity contribution in [3.8, 4) is 5.75 Å². The van der Waals surface area contributed by atoms with Crippen LogP contribution in [0, 0.1) is 0 Å². The molecule has 112 valence electrons. The molecular weight excluding hydrogens is 278 g/mol. The molecule has 1 amide bonds. The third kappa shape index (κ3) is 6.23. The molecule has 1 aromatic rings. The first-order valence-corrected chi connectivity index (χ1v) is 6.89. The molecule has 0 saturated heterocycles. The summed E-state index contributed by atoms with van der Waals surface area (Å²) in [6, 6.07) is 5.17. The Balaban J connectivity index is 2.30. The number of ether oxygens (including phenoxy) is 1. The average Bonchev–Trinajstić information content (AvgIpc) is 2.38. The van der Waals surface area contributed by atoms with E-state index in [9.17, 15) is 4.79 Å². The van der Waals surface area contributed by atoms with Crippen LogP contribution in [0.15, 0.2) is 18.2 Å². The predicted molar refractivity (Wildman–Crippen MR) is 82.7 cm³/mol. The Bertz CT molecular complexity index is 438. The molecule has 0 unspecified atom stereocenters. The van der Waals surface area contributed by atoms with Crippen LogP contribution in [0.5, 0.6) is 5.75 Å². The fourth-order valence-electron chi connectivity index (χ4n) is 1.60. The van der Waals surface area contributed by atoms with Crippen LogP contribution in [0.3, 0.4) is 0 Å². The molecule has 2 N–H and O–H groups in total. The number of methoxy groups -OCH3 is 1. The Morgan fingerprint density at radius 1 is 1.35 bits per heavy atom. The monoisotopic (exact) mass is 299 g/mol. The van der Waals surface area contributed by atoms with Gasteiger partial charge in [0.2, 0.25) is 5.91 Å². The maximum absolute atomic E-state index is 11.7. The van der Waals surface area contributed by atoms with Gasteiger partial charge < -0.3 is 20.3 Å². The number of hydrogen-bond acceptors (Lipinski definition) is 4. The smallest absolute Gasteiger partial charge is 0.225 e. The van der Waals surface area contributed by atoms with E-state index in [0.29, 0.717) is 29.4 Å². The number of nitrogens with one attached hydrogen (secondary N) is 2.